The van der Waals surface area contributed by atoms with Gasteiger partial charge in [0.1, 0.15) is 11.4 Å². The summed E-state index contributed by atoms with van der Waals surface area (Å²) in [7, 11) is 0. The maximum absolute atomic E-state index is 13.4. The van der Waals surface area contributed by atoms with Crippen molar-refractivity contribution in [2.45, 2.75) is 39.8 Å². The summed E-state index contributed by atoms with van der Waals surface area (Å²) in [5.74, 6) is -4.31. The molecule has 0 aromatic heterocycles. The minimum atomic E-state index is -1.64. The van der Waals surface area contributed by atoms with Crippen molar-refractivity contribution in [1.29, 1.82) is 0 Å². The van der Waals surface area contributed by atoms with E-state index in [9.17, 15) is 28.8 Å². The molecule has 0 saturated carbocycles. The van der Waals surface area contributed by atoms with Gasteiger partial charge in [0.25, 0.3) is 23.6 Å². The first-order chi connectivity index (χ1) is 30.2. The van der Waals surface area contributed by atoms with Gasteiger partial charge >= 0.3 is 0 Å². The number of nitrogens with one attached hydrogen (secondary N) is 4. The van der Waals surface area contributed by atoms with Crippen molar-refractivity contribution >= 4 is 162 Å². The monoisotopic (exact) mass is 1020 g/mol. The van der Waals surface area contributed by atoms with Crippen LogP contribution in [-0.2, 0) is 19.2 Å². The third-order valence-corrected chi connectivity index (χ3v) is 12.0. The average molecular weight is 1030 g/mol. The van der Waals surface area contributed by atoms with Gasteiger partial charge in [0, 0.05) is 22.5 Å². The molecule has 0 fully saturated rings. The molecule has 5 rings (SSSR count). The van der Waals surface area contributed by atoms with Crippen LogP contribution < -0.4 is 21.3 Å². The first kappa shape index (κ1) is 49.8. The van der Waals surface area contributed by atoms with Crippen molar-refractivity contribution < 1.29 is 28.8 Å². The Hall–Kier alpha value is -5.16. The summed E-state index contributed by atoms with van der Waals surface area (Å²) in [4.78, 5) is 78.2. The van der Waals surface area contributed by atoms with Gasteiger partial charge in [-0.1, -0.05) is 92.8 Å². The van der Waals surface area contributed by atoms with Crippen LogP contribution in [0.25, 0.3) is 0 Å². The highest BCUT2D eigenvalue weighted by Crippen LogP contribution is 2.38. The molecule has 4 N–H and O–H groups in total. The zero-order valence-corrected chi connectivity index (χ0v) is 39.4. The molecule has 0 bridgehead atoms. The van der Waals surface area contributed by atoms with E-state index in [1.807, 2.05) is 0 Å². The largest absolute Gasteiger partial charge is 0.324 e. The molecular weight excluding hydrogens is 996 g/mol. The van der Waals surface area contributed by atoms with E-state index in [4.69, 9.17) is 92.8 Å². The minimum absolute atomic E-state index is 0.0294. The van der Waals surface area contributed by atoms with Crippen molar-refractivity contribution in [3.63, 3.8) is 0 Å². The number of anilines is 4. The molecular formula is C42H30Cl8N8O6. The molecule has 0 heterocycles. The number of ketones is 2. The van der Waals surface area contributed by atoms with Crippen LogP contribution in [0.3, 0.4) is 0 Å². The normalized spacial score (nSPS) is 12.2. The Kier molecular flexibility index (Phi) is 16.9. The lowest BCUT2D eigenvalue weighted by Gasteiger charge is -2.17. The third-order valence-electron chi connectivity index (χ3n) is 9.11. The van der Waals surface area contributed by atoms with E-state index in [1.165, 1.54) is 72.8 Å². The second-order valence-electron chi connectivity index (χ2n) is 13.5. The summed E-state index contributed by atoms with van der Waals surface area (Å²) < 4.78 is 0. The van der Waals surface area contributed by atoms with Gasteiger partial charge in [-0.25, -0.2) is 0 Å². The number of azo groups is 2. The van der Waals surface area contributed by atoms with Gasteiger partial charge in [-0.05, 0) is 112 Å². The van der Waals surface area contributed by atoms with Crippen LogP contribution in [-0.4, -0.2) is 47.3 Å². The number of hydrogen-bond donors (Lipinski definition) is 4. The molecule has 0 spiro atoms. The van der Waals surface area contributed by atoms with Gasteiger partial charge in [-0.2, -0.15) is 20.5 Å². The number of carbonyl (C=O) groups excluding carboxylic acids is 6. The Morgan fingerprint density at radius 2 is 0.781 bits per heavy atom. The third kappa shape index (κ3) is 11.9. The topological polar surface area (TPSA) is 200 Å². The fourth-order valence-corrected chi connectivity index (χ4v) is 7.04. The zero-order chi connectivity index (χ0) is 47.2. The van der Waals surface area contributed by atoms with E-state index in [0.29, 0.717) is 11.1 Å². The average Bonchev–Trinajstić information content (AvgIpc) is 3.24. The molecule has 0 aliphatic carbocycles. The number of hydrogen-bond acceptors (Lipinski definition) is 10. The van der Waals surface area contributed by atoms with E-state index in [-0.39, 0.29) is 85.4 Å². The van der Waals surface area contributed by atoms with Crippen molar-refractivity contribution in [2.75, 3.05) is 21.3 Å². The van der Waals surface area contributed by atoms with Crippen LogP contribution >= 0.6 is 92.8 Å². The van der Waals surface area contributed by atoms with Crippen LogP contribution in [0, 0.1) is 13.8 Å². The Balaban J connectivity index is 1.28. The van der Waals surface area contributed by atoms with Crippen molar-refractivity contribution in [2.24, 2.45) is 20.5 Å². The summed E-state index contributed by atoms with van der Waals surface area (Å²) in [5, 5.41) is 27.1. The highest BCUT2D eigenvalue weighted by molar-refractivity contribution is 6.47. The standard InChI is InChI=1S/C42H30Cl8N8O6/c1-17-18(2)30(52-42(64)36(20(4)60)58-56-32-16-22(6-8-24(32)44)40(62)54-38-28(48)12-10-26(46)34(38)50)14-13-29(17)51-41(63)35(19(3)59)57-55-31-15-21(5-7-23(31)43)39(61)53-37-27(47)11-9-25(45)33(37)49/h5-16,35-36H,1-4H3,(H,51,63)(H,52,64)(H,53,61)(H,54,62). The maximum Gasteiger partial charge on any atom is 0.258 e. The van der Waals surface area contributed by atoms with E-state index in [2.05, 4.69) is 41.7 Å². The molecule has 14 nitrogen and oxygen atoms in total. The highest BCUT2D eigenvalue weighted by Gasteiger charge is 2.27. The summed E-state index contributed by atoms with van der Waals surface area (Å²) in [6.07, 6.45) is 0. The van der Waals surface area contributed by atoms with Crippen LogP contribution in [0.2, 0.25) is 40.2 Å². The zero-order valence-electron chi connectivity index (χ0n) is 33.3. The molecule has 64 heavy (non-hydrogen) atoms. The Labute approximate surface area is 405 Å². The quantitative estimate of drug-likeness (QED) is 0.0484. The predicted octanol–water partition coefficient (Wildman–Crippen LogP) is 13.4. The molecule has 2 unspecified atom stereocenters. The highest BCUT2D eigenvalue weighted by atomic mass is 35.5. The molecule has 2 atom stereocenters. The first-order valence-corrected chi connectivity index (χ1v) is 21.2. The van der Waals surface area contributed by atoms with Gasteiger partial charge < -0.3 is 21.3 Å². The lowest BCUT2D eigenvalue weighted by Crippen LogP contribution is -2.33. The van der Waals surface area contributed by atoms with Gasteiger partial charge in [0.05, 0.1) is 51.6 Å². The number of nitrogens with zero attached hydrogens (tertiary/aromatic N) is 4. The van der Waals surface area contributed by atoms with Gasteiger partial charge in [0.15, 0.2) is 11.6 Å². The summed E-state index contributed by atoms with van der Waals surface area (Å²) in [6.45, 7) is 5.58. The molecule has 0 aliphatic heterocycles. The number of benzene rings is 5. The van der Waals surface area contributed by atoms with Crippen LogP contribution in [0.5, 0.6) is 0 Å². The number of carbonyl (C=O) groups is 6. The fraction of sp³-hybridized carbons (Fsp3) is 0.143. The minimum Gasteiger partial charge on any atom is -0.324 e. The number of amides is 4. The molecule has 5 aromatic carbocycles. The Morgan fingerprint density at radius 1 is 0.453 bits per heavy atom. The van der Waals surface area contributed by atoms with Crippen LogP contribution in [0.15, 0.2) is 93.3 Å². The second-order valence-corrected chi connectivity index (χ2v) is 16.7. The maximum atomic E-state index is 13.4. The Bertz CT molecular complexity index is 2630. The van der Waals surface area contributed by atoms with Crippen LogP contribution in [0.4, 0.5) is 34.1 Å². The first-order valence-electron chi connectivity index (χ1n) is 18.2. The summed E-state index contributed by atoms with van der Waals surface area (Å²) in [5.41, 5.74) is 1.72. The van der Waals surface area contributed by atoms with E-state index in [0.717, 1.165) is 13.8 Å². The van der Waals surface area contributed by atoms with Crippen molar-refractivity contribution in [1.82, 2.24) is 0 Å². The molecule has 5 aromatic rings. The molecule has 0 saturated heterocycles. The molecule has 22 heteroatoms. The van der Waals surface area contributed by atoms with Crippen molar-refractivity contribution in [3.8, 4) is 0 Å². The Morgan fingerprint density at radius 3 is 1.12 bits per heavy atom. The summed E-state index contributed by atoms with van der Waals surface area (Å²) in [6, 6.07) is 13.6. The van der Waals surface area contributed by atoms with E-state index >= 15 is 0 Å². The predicted molar refractivity (Wildman–Crippen MR) is 253 cm³/mol. The lowest BCUT2D eigenvalue weighted by molar-refractivity contribution is -0.127. The number of halogens is 8. The van der Waals surface area contributed by atoms with Gasteiger partial charge in [-0.15, -0.1) is 0 Å². The van der Waals surface area contributed by atoms with Gasteiger partial charge in [-0.3, -0.25) is 28.8 Å². The van der Waals surface area contributed by atoms with E-state index in [1.54, 1.807) is 13.8 Å². The smallest absolute Gasteiger partial charge is 0.258 e. The second kappa shape index (κ2) is 21.7. The van der Waals surface area contributed by atoms with E-state index < -0.39 is 47.3 Å². The molecule has 0 radical (unpaired) electrons. The SMILES string of the molecule is CC(=O)C(N=Nc1cc(C(=O)Nc2c(Cl)ccc(Cl)c2Cl)ccc1Cl)C(=O)Nc1ccc(NC(=O)C(N=Nc2cc(C(=O)Nc3c(Cl)ccc(Cl)c3Cl)ccc2Cl)C(C)=O)c(C)c1C. The summed E-state index contributed by atoms with van der Waals surface area (Å²) >= 11 is 49.6. The van der Waals surface area contributed by atoms with Crippen LogP contribution in [0.1, 0.15) is 45.7 Å². The number of Topliss-reactive ketones (excluding diaryl/α,β-unsaturated/α-hetero) is 2. The molecule has 330 valence electrons. The number of rotatable bonds is 14. The van der Waals surface area contributed by atoms with Gasteiger partial charge in [0.2, 0.25) is 12.1 Å². The van der Waals surface area contributed by atoms with Crippen molar-refractivity contribution in [3.05, 3.63) is 135 Å². The fourth-order valence-electron chi connectivity index (χ4n) is 5.49. The molecule has 0 aliphatic rings. The molecule has 4 amide bonds. The lowest BCUT2D eigenvalue weighted by atomic mass is 10.0.